The zero-order valence-corrected chi connectivity index (χ0v) is 14.3. The van der Waals surface area contributed by atoms with Gasteiger partial charge in [-0.25, -0.2) is 0 Å². The lowest BCUT2D eigenvalue weighted by molar-refractivity contribution is 0.316. The molecule has 1 aromatic carbocycles. The second kappa shape index (κ2) is 7.15. The SMILES string of the molecule is NC(Cc1cc(Br)cc2c1OCC2)C1CCCCCCC1. The summed E-state index contributed by atoms with van der Waals surface area (Å²) in [4.78, 5) is 0. The summed E-state index contributed by atoms with van der Waals surface area (Å²) in [5.41, 5.74) is 9.21. The molecule has 0 spiro atoms. The largest absolute Gasteiger partial charge is 0.493 e. The minimum Gasteiger partial charge on any atom is -0.493 e. The average Bonchev–Trinajstić information content (AvgIpc) is 2.86. The summed E-state index contributed by atoms with van der Waals surface area (Å²) in [5.74, 6) is 1.79. The molecule has 21 heavy (non-hydrogen) atoms. The minimum atomic E-state index is 0.269. The highest BCUT2D eigenvalue weighted by Gasteiger charge is 2.23. The van der Waals surface area contributed by atoms with Crippen molar-refractivity contribution in [2.45, 2.75) is 63.8 Å². The number of fused-ring (bicyclic) bond motifs is 1. The molecule has 2 N–H and O–H groups in total. The van der Waals surface area contributed by atoms with E-state index in [0.29, 0.717) is 5.92 Å². The van der Waals surface area contributed by atoms with Crippen LogP contribution in [0.4, 0.5) is 0 Å². The van der Waals surface area contributed by atoms with Crippen LogP contribution in [0.1, 0.15) is 56.1 Å². The number of nitrogens with two attached hydrogens (primary N) is 1. The number of hydrogen-bond donors (Lipinski definition) is 1. The van der Waals surface area contributed by atoms with Gasteiger partial charge in [0.1, 0.15) is 5.75 Å². The smallest absolute Gasteiger partial charge is 0.125 e. The normalized spacial score (nSPS) is 21.2. The van der Waals surface area contributed by atoms with Crippen LogP contribution in [0.15, 0.2) is 16.6 Å². The molecule has 116 valence electrons. The van der Waals surface area contributed by atoms with Gasteiger partial charge in [-0.15, -0.1) is 0 Å². The highest BCUT2D eigenvalue weighted by molar-refractivity contribution is 9.10. The van der Waals surface area contributed by atoms with Crippen LogP contribution in [0.25, 0.3) is 0 Å². The van der Waals surface area contributed by atoms with Gasteiger partial charge in [-0.3, -0.25) is 0 Å². The maximum absolute atomic E-state index is 6.57. The first-order chi connectivity index (χ1) is 10.2. The number of benzene rings is 1. The molecular formula is C18H26BrNO. The number of hydrogen-bond acceptors (Lipinski definition) is 2. The summed E-state index contributed by atoms with van der Waals surface area (Å²) in [5, 5.41) is 0. The number of halogens is 1. The van der Waals surface area contributed by atoms with E-state index in [-0.39, 0.29) is 6.04 Å². The van der Waals surface area contributed by atoms with Crippen molar-refractivity contribution in [1.82, 2.24) is 0 Å². The van der Waals surface area contributed by atoms with E-state index in [9.17, 15) is 0 Å². The summed E-state index contributed by atoms with van der Waals surface area (Å²) in [6.07, 6.45) is 11.5. The molecule has 1 atom stereocenters. The van der Waals surface area contributed by atoms with E-state index in [1.807, 2.05) is 0 Å². The van der Waals surface area contributed by atoms with Crippen LogP contribution in [0.3, 0.4) is 0 Å². The molecule has 2 aliphatic rings. The lowest BCUT2D eigenvalue weighted by atomic mass is 9.83. The zero-order chi connectivity index (χ0) is 14.7. The zero-order valence-electron chi connectivity index (χ0n) is 12.7. The molecule has 1 aliphatic carbocycles. The van der Waals surface area contributed by atoms with Gasteiger partial charge >= 0.3 is 0 Å². The van der Waals surface area contributed by atoms with Crippen LogP contribution >= 0.6 is 15.9 Å². The van der Waals surface area contributed by atoms with Gasteiger partial charge in [-0.1, -0.05) is 48.0 Å². The van der Waals surface area contributed by atoms with Gasteiger partial charge in [0.05, 0.1) is 6.61 Å². The monoisotopic (exact) mass is 351 g/mol. The molecule has 3 rings (SSSR count). The quantitative estimate of drug-likeness (QED) is 0.862. The molecule has 1 aliphatic heterocycles. The van der Waals surface area contributed by atoms with E-state index in [1.54, 1.807) is 0 Å². The summed E-state index contributed by atoms with van der Waals surface area (Å²) >= 11 is 3.63. The Kier molecular flexibility index (Phi) is 5.23. The van der Waals surface area contributed by atoms with Gasteiger partial charge in [-0.2, -0.15) is 0 Å². The Morgan fingerprint density at radius 3 is 2.62 bits per heavy atom. The third-order valence-corrected chi connectivity index (χ3v) is 5.49. The molecular weight excluding hydrogens is 326 g/mol. The molecule has 2 nitrogen and oxygen atoms in total. The van der Waals surface area contributed by atoms with Crippen LogP contribution in [-0.2, 0) is 12.8 Å². The first-order valence-corrected chi connectivity index (χ1v) is 9.23. The molecule has 1 aromatic rings. The van der Waals surface area contributed by atoms with Crippen LogP contribution in [0.5, 0.6) is 5.75 Å². The molecule has 1 saturated carbocycles. The standard InChI is InChI=1S/C18H26BrNO/c19-16-10-14-8-9-21-18(14)15(11-16)12-17(20)13-6-4-2-1-3-5-7-13/h10-11,13,17H,1-9,12,20H2. The Morgan fingerprint density at radius 2 is 1.86 bits per heavy atom. The highest BCUT2D eigenvalue weighted by Crippen LogP contribution is 2.35. The Morgan fingerprint density at radius 1 is 1.14 bits per heavy atom. The predicted molar refractivity (Wildman–Crippen MR) is 90.8 cm³/mol. The molecule has 0 bridgehead atoms. The van der Waals surface area contributed by atoms with Crippen LogP contribution in [-0.4, -0.2) is 12.6 Å². The summed E-state index contributed by atoms with van der Waals surface area (Å²) in [6, 6.07) is 4.66. The van der Waals surface area contributed by atoms with E-state index in [0.717, 1.165) is 29.7 Å². The molecule has 1 fully saturated rings. The van der Waals surface area contributed by atoms with E-state index < -0.39 is 0 Å². The Bertz CT molecular complexity index is 480. The second-order valence-electron chi connectivity index (χ2n) is 6.62. The molecule has 1 heterocycles. The first-order valence-electron chi connectivity index (χ1n) is 8.44. The molecule has 0 radical (unpaired) electrons. The van der Waals surface area contributed by atoms with Crippen LogP contribution < -0.4 is 10.5 Å². The fraction of sp³-hybridized carbons (Fsp3) is 0.667. The van der Waals surface area contributed by atoms with Gasteiger partial charge in [0.2, 0.25) is 0 Å². The van der Waals surface area contributed by atoms with E-state index in [2.05, 4.69) is 28.1 Å². The van der Waals surface area contributed by atoms with Crippen molar-refractivity contribution in [3.05, 3.63) is 27.7 Å². The number of rotatable bonds is 3. The number of ether oxygens (including phenoxy) is 1. The summed E-state index contributed by atoms with van der Waals surface area (Å²) < 4.78 is 7.00. The fourth-order valence-electron chi connectivity index (χ4n) is 3.83. The first kappa shape index (κ1) is 15.4. The minimum absolute atomic E-state index is 0.269. The fourth-order valence-corrected chi connectivity index (χ4v) is 4.39. The van der Waals surface area contributed by atoms with Gasteiger partial charge in [0.15, 0.2) is 0 Å². The van der Waals surface area contributed by atoms with Crippen molar-refractivity contribution in [2.75, 3.05) is 6.61 Å². The van der Waals surface area contributed by atoms with Gasteiger partial charge < -0.3 is 10.5 Å². The predicted octanol–water partition coefficient (Wildman–Crippen LogP) is 4.61. The third-order valence-electron chi connectivity index (χ3n) is 5.04. The maximum atomic E-state index is 6.57. The molecule has 0 aromatic heterocycles. The van der Waals surface area contributed by atoms with Crippen molar-refractivity contribution in [3.63, 3.8) is 0 Å². The molecule has 1 unspecified atom stereocenters. The van der Waals surface area contributed by atoms with Gasteiger partial charge in [0, 0.05) is 16.9 Å². The van der Waals surface area contributed by atoms with E-state index in [4.69, 9.17) is 10.5 Å². The topological polar surface area (TPSA) is 35.2 Å². The molecule has 3 heteroatoms. The lowest BCUT2D eigenvalue weighted by Gasteiger charge is -2.26. The second-order valence-corrected chi connectivity index (χ2v) is 7.54. The van der Waals surface area contributed by atoms with Crippen molar-refractivity contribution >= 4 is 15.9 Å². The van der Waals surface area contributed by atoms with Gasteiger partial charge in [-0.05, 0) is 48.4 Å². The van der Waals surface area contributed by atoms with Crippen molar-refractivity contribution < 1.29 is 4.74 Å². The Balaban J connectivity index is 1.70. The van der Waals surface area contributed by atoms with Crippen LogP contribution in [0.2, 0.25) is 0 Å². The van der Waals surface area contributed by atoms with Crippen molar-refractivity contribution in [3.8, 4) is 5.75 Å². The summed E-state index contributed by atoms with van der Waals surface area (Å²) in [7, 11) is 0. The highest BCUT2D eigenvalue weighted by atomic mass is 79.9. The van der Waals surface area contributed by atoms with Crippen molar-refractivity contribution in [1.29, 1.82) is 0 Å². The lowest BCUT2D eigenvalue weighted by Crippen LogP contribution is -2.33. The average molecular weight is 352 g/mol. The summed E-state index contributed by atoms with van der Waals surface area (Å²) in [6.45, 7) is 0.817. The molecule has 0 amide bonds. The van der Waals surface area contributed by atoms with E-state index >= 15 is 0 Å². The van der Waals surface area contributed by atoms with Crippen LogP contribution in [0, 0.1) is 5.92 Å². The Hall–Kier alpha value is -0.540. The third kappa shape index (κ3) is 3.81. The molecule has 0 saturated heterocycles. The van der Waals surface area contributed by atoms with Crippen molar-refractivity contribution in [2.24, 2.45) is 11.7 Å². The van der Waals surface area contributed by atoms with Gasteiger partial charge in [0.25, 0.3) is 0 Å². The maximum Gasteiger partial charge on any atom is 0.125 e. The Labute approximate surface area is 136 Å². The van der Waals surface area contributed by atoms with E-state index in [1.165, 1.54) is 56.1 Å².